The highest BCUT2D eigenvalue weighted by atomic mass is 19.4. The minimum atomic E-state index is -4.82. The van der Waals surface area contributed by atoms with Gasteiger partial charge >= 0.3 is 6.18 Å². The second kappa shape index (κ2) is 8.35. The highest BCUT2D eigenvalue weighted by Gasteiger charge is 2.37. The molecule has 0 bridgehead atoms. The summed E-state index contributed by atoms with van der Waals surface area (Å²) in [4.78, 5) is 24.9. The third-order valence-corrected chi connectivity index (χ3v) is 5.29. The molecule has 4 rings (SSSR count). The number of hydrogen-bond acceptors (Lipinski definition) is 5. The molecule has 0 radical (unpaired) electrons. The Morgan fingerprint density at radius 1 is 1.19 bits per heavy atom. The summed E-state index contributed by atoms with van der Waals surface area (Å²) >= 11 is 0. The number of nitrogens with one attached hydrogen (secondary N) is 1. The van der Waals surface area contributed by atoms with Crippen molar-refractivity contribution in [1.82, 2.24) is 4.98 Å². The second-order valence-electron chi connectivity index (χ2n) is 7.67. The Balaban J connectivity index is 1.50. The molecule has 0 unspecified atom stereocenters. The van der Waals surface area contributed by atoms with Crippen molar-refractivity contribution < 1.29 is 32.2 Å². The summed E-state index contributed by atoms with van der Waals surface area (Å²) in [5, 5.41) is 0. The van der Waals surface area contributed by atoms with Gasteiger partial charge in [-0.1, -0.05) is 12.1 Å². The number of hydrogen-bond donors (Lipinski definition) is 2. The van der Waals surface area contributed by atoms with E-state index in [9.17, 15) is 22.8 Å². The van der Waals surface area contributed by atoms with Crippen molar-refractivity contribution in [3.8, 4) is 16.9 Å². The highest BCUT2D eigenvalue weighted by Crippen LogP contribution is 2.37. The molecule has 2 aromatic rings. The molecule has 2 aliphatic rings. The van der Waals surface area contributed by atoms with Gasteiger partial charge in [-0.2, -0.15) is 13.2 Å². The summed E-state index contributed by atoms with van der Waals surface area (Å²) in [5.74, 6) is -0.128. The summed E-state index contributed by atoms with van der Waals surface area (Å²) in [5.41, 5.74) is 1.89. The van der Waals surface area contributed by atoms with Crippen LogP contribution < -0.4 is 16.0 Å². The van der Waals surface area contributed by atoms with Crippen LogP contribution in [-0.4, -0.2) is 42.9 Å². The average Bonchev–Trinajstić information content (AvgIpc) is 3.57. The number of nitrogens with two attached hydrogens (primary N) is 1. The molecule has 2 fully saturated rings. The van der Waals surface area contributed by atoms with Gasteiger partial charge in [0, 0.05) is 5.56 Å². The first-order valence-electron chi connectivity index (χ1n) is 9.83. The molecule has 0 spiro atoms. The zero-order chi connectivity index (χ0) is 22.2. The number of amides is 1. The maximum Gasteiger partial charge on any atom is 0.431 e. The van der Waals surface area contributed by atoms with Crippen LogP contribution in [0, 0.1) is 5.92 Å². The van der Waals surface area contributed by atoms with Gasteiger partial charge in [0.2, 0.25) is 0 Å². The summed E-state index contributed by atoms with van der Waals surface area (Å²) in [6.45, 7) is 1.26. The lowest BCUT2D eigenvalue weighted by atomic mass is 10.0. The van der Waals surface area contributed by atoms with E-state index in [1.165, 1.54) is 24.3 Å². The monoisotopic (exact) mass is 438 g/mol. The van der Waals surface area contributed by atoms with Crippen LogP contribution in [0.1, 0.15) is 28.9 Å². The Morgan fingerprint density at radius 2 is 1.90 bits per heavy atom. The molecule has 3 N–H and O–H groups in total. The lowest BCUT2D eigenvalue weighted by Gasteiger charge is -2.30. The van der Waals surface area contributed by atoms with Gasteiger partial charge in [-0.3, -0.25) is 9.59 Å². The van der Waals surface area contributed by atoms with Gasteiger partial charge < -0.3 is 24.9 Å². The number of benzene rings is 1. The number of aromatic nitrogens is 1. The van der Waals surface area contributed by atoms with E-state index in [1.54, 1.807) is 4.98 Å². The first-order valence-corrected chi connectivity index (χ1v) is 9.83. The molecular formula is C21H21F3N2O5. The highest BCUT2D eigenvalue weighted by molar-refractivity contribution is 5.94. The van der Waals surface area contributed by atoms with Crippen LogP contribution in [0.25, 0.3) is 11.1 Å². The maximum atomic E-state index is 13.4. The molecule has 1 aromatic carbocycles. The zero-order valence-electron chi connectivity index (χ0n) is 16.4. The summed E-state index contributed by atoms with van der Waals surface area (Å²) in [7, 11) is 0. The van der Waals surface area contributed by atoms with Gasteiger partial charge in [0.25, 0.3) is 11.5 Å². The quantitative estimate of drug-likeness (QED) is 0.722. The molecule has 2 heterocycles. The Kier molecular flexibility index (Phi) is 5.76. The number of H-pyrrole nitrogens is 1. The van der Waals surface area contributed by atoms with Crippen molar-refractivity contribution in [3.05, 3.63) is 51.9 Å². The van der Waals surface area contributed by atoms with E-state index in [-0.39, 0.29) is 29.9 Å². The average molecular weight is 438 g/mol. The molecule has 1 saturated heterocycles. The summed E-state index contributed by atoms with van der Waals surface area (Å²) < 4.78 is 57.5. The third kappa shape index (κ3) is 4.91. The van der Waals surface area contributed by atoms with E-state index >= 15 is 0 Å². The van der Waals surface area contributed by atoms with Crippen molar-refractivity contribution in [2.75, 3.05) is 19.8 Å². The van der Waals surface area contributed by atoms with Gasteiger partial charge in [-0.25, -0.2) is 0 Å². The molecule has 166 valence electrons. The number of halogens is 3. The van der Waals surface area contributed by atoms with Gasteiger partial charge in [0.05, 0.1) is 19.3 Å². The summed E-state index contributed by atoms with van der Waals surface area (Å²) in [6, 6.07) is 6.69. The Labute approximate surface area is 175 Å². The van der Waals surface area contributed by atoms with E-state index < -0.39 is 28.9 Å². The molecule has 1 saturated carbocycles. The van der Waals surface area contributed by atoms with Crippen molar-refractivity contribution >= 4 is 5.91 Å². The molecule has 10 heteroatoms. The number of pyridine rings is 1. The lowest BCUT2D eigenvalue weighted by molar-refractivity contribution is -0.154. The van der Waals surface area contributed by atoms with Gasteiger partial charge in [0.15, 0.2) is 0 Å². The van der Waals surface area contributed by atoms with E-state index in [0.29, 0.717) is 24.9 Å². The molecule has 7 nitrogen and oxygen atoms in total. The third-order valence-electron chi connectivity index (χ3n) is 5.29. The minimum absolute atomic E-state index is 0.0882. The van der Waals surface area contributed by atoms with Crippen LogP contribution in [0.4, 0.5) is 13.2 Å². The molecular weight excluding hydrogens is 417 g/mol. The fourth-order valence-electron chi connectivity index (χ4n) is 3.53. The number of primary amides is 1. The standard InChI is InChI=1S/C21H21F3N2O5/c22-21(23,24)18-15(7-16(19(25)27)20(28)26-18)11-3-5-13(6-4-11)30-9-14-8-29-10-17(31-14)12-1-2-12/h3-7,12,14,17H,1-2,8-10H2,(H2,25,27)(H,26,28)/t14-,17-/m1/s1. The molecule has 1 amide bonds. The Morgan fingerprint density at radius 3 is 2.52 bits per heavy atom. The van der Waals surface area contributed by atoms with Gasteiger partial charge in [0.1, 0.15) is 29.7 Å². The fraction of sp³-hybridized carbons (Fsp3) is 0.429. The number of carbonyl (C=O) groups is 1. The topological polar surface area (TPSA) is 104 Å². The van der Waals surface area contributed by atoms with Crippen LogP contribution in [0.15, 0.2) is 35.1 Å². The lowest BCUT2D eigenvalue weighted by Crippen LogP contribution is -2.40. The van der Waals surface area contributed by atoms with Crippen molar-refractivity contribution in [1.29, 1.82) is 0 Å². The van der Waals surface area contributed by atoms with Gasteiger partial charge in [-0.05, 0) is 42.5 Å². The first-order chi connectivity index (χ1) is 14.7. The molecule has 2 atom stereocenters. The number of ether oxygens (including phenoxy) is 3. The van der Waals surface area contributed by atoms with Gasteiger partial charge in [-0.15, -0.1) is 0 Å². The smallest absolute Gasteiger partial charge is 0.431 e. The van der Waals surface area contributed by atoms with Crippen LogP contribution in [0.3, 0.4) is 0 Å². The maximum absolute atomic E-state index is 13.4. The largest absolute Gasteiger partial charge is 0.491 e. The number of carbonyl (C=O) groups excluding carboxylic acids is 1. The predicted molar refractivity (Wildman–Crippen MR) is 104 cm³/mol. The van der Waals surface area contributed by atoms with Crippen molar-refractivity contribution in [2.24, 2.45) is 11.7 Å². The second-order valence-corrected chi connectivity index (χ2v) is 7.67. The predicted octanol–water partition coefficient (Wildman–Crippen LogP) is 2.73. The van der Waals surface area contributed by atoms with E-state index in [4.69, 9.17) is 19.9 Å². The molecule has 1 aliphatic heterocycles. The Hall–Kier alpha value is -2.85. The van der Waals surface area contributed by atoms with Crippen LogP contribution in [-0.2, 0) is 15.7 Å². The van der Waals surface area contributed by atoms with Crippen LogP contribution >= 0.6 is 0 Å². The Bertz CT molecular complexity index is 1020. The molecule has 1 aromatic heterocycles. The normalized spacial score (nSPS) is 21.6. The van der Waals surface area contributed by atoms with Crippen LogP contribution in [0.5, 0.6) is 5.75 Å². The fourth-order valence-corrected chi connectivity index (χ4v) is 3.53. The van der Waals surface area contributed by atoms with Crippen molar-refractivity contribution in [3.63, 3.8) is 0 Å². The first kappa shape index (κ1) is 21.4. The van der Waals surface area contributed by atoms with E-state index in [2.05, 4.69) is 0 Å². The van der Waals surface area contributed by atoms with Crippen LogP contribution in [0.2, 0.25) is 0 Å². The molecule has 1 aliphatic carbocycles. The van der Waals surface area contributed by atoms with E-state index in [0.717, 1.165) is 18.9 Å². The van der Waals surface area contributed by atoms with Crippen molar-refractivity contribution in [2.45, 2.75) is 31.2 Å². The summed E-state index contributed by atoms with van der Waals surface area (Å²) in [6.07, 6.45) is -2.66. The molecule has 31 heavy (non-hydrogen) atoms. The number of rotatable bonds is 6. The SMILES string of the molecule is NC(=O)c1cc(-c2ccc(OC[C@H]3COC[C@H](C4CC4)O3)cc2)c(C(F)(F)F)[nH]c1=O. The zero-order valence-corrected chi connectivity index (χ0v) is 16.4. The van der Waals surface area contributed by atoms with E-state index in [1.807, 2.05) is 0 Å². The number of alkyl halides is 3. The minimum Gasteiger partial charge on any atom is -0.491 e. The number of aromatic amines is 1.